The van der Waals surface area contributed by atoms with Gasteiger partial charge < -0.3 is 19.7 Å². The number of aliphatic hydroxyl groups is 1. The van der Waals surface area contributed by atoms with Gasteiger partial charge in [0.1, 0.15) is 23.7 Å². The van der Waals surface area contributed by atoms with Crippen LogP contribution in [0.1, 0.15) is 23.7 Å². The zero-order valence-corrected chi connectivity index (χ0v) is 11.2. The predicted molar refractivity (Wildman–Crippen MR) is 66.7 cm³/mol. The Morgan fingerprint density at radius 2 is 2.00 bits per heavy atom. The highest BCUT2D eigenvalue weighted by Crippen LogP contribution is 2.27. The van der Waals surface area contributed by atoms with Gasteiger partial charge in [-0.2, -0.15) is 13.2 Å². The highest BCUT2D eigenvalue weighted by Gasteiger charge is 2.38. The number of rotatable bonds is 7. The van der Waals surface area contributed by atoms with E-state index in [1.807, 2.05) is 6.92 Å². The normalized spacial score (nSPS) is 12.8. The Kier molecular flexibility index (Phi) is 5.83. The summed E-state index contributed by atoms with van der Waals surface area (Å²) in [5.41, 5.74) is -0.312. The Hall–Kier alpha value is -1.96. The van der Waals surface area contributed by atoms with E-state index in [0.29, 0.717) is 13.0 Å². The monoisotopic (exact) mass is 308 g/mol. The first-order chi connectivity index (χ1) is 9.75. The molecule has 1 aromatic carbocycles. The second-order valence-corrected chi connectivity index (χ2v) is 4.18. The molecule has 0 bridgehead atoms. The number of carboxylic acid groups (broad SMARTS) is 1. The topological polar surface area (TPSA) is 76.0 Å². The fourth-order valence-electron chi connectivity index (χ4n) is 1.37. The lowest BCUT2D eigenvalue weighted by Gasteiger charge is -2.17. The largest absolute Gasteiger partial charge is 0.493 e. The molecule has 0 spiro atoms. The molecule has 0 aliphatic rings. The number of carbonyl (C=O) groups is 1. The molecule has 1 unspecified atom stereocenters. The Morgan fingerprint density at radius 3 is 2.52 bits per heavy atom. The van der Waals surface area contributed by atoms with Crippen LogP contribution in [0.3, 0.4) is 0 Å². The predicted octanol–water partition coefficient (Wildman–Crippen LogP) is 2.48. The molecule has 21 heavy (non-hydrogen) atoms. The van der Waals surface area contributed by atoms with E-state index in [0.717, 1.165) is 0 Å². The Bertz CT molecular complexity index is 487. The summed E-state index contributed by atoms with van der Waals surface area (Å²) in [5, 5.41) is 17.8. The third-order valence-electron chi connectivity index (χ3n) is 2.43. The molecule has 0 saturated heterocycles. The van der Waals surface area contributed by atoms with Crippen LogP contribution in [0.2, 0.25) is 0 Å². The molecule has 1 rings (SSSR count). The maximum atomic E-state index is 12.2. The molecular formula is C13H15F3O5. The summed E-state index contributed by atoms with van der Waals surface area (Å²) in [5.74, 6) is -1.37. The van der Waals surface area contributed by atoms with E-state index in [1.54, 1.807) is 0 Å². The van der Waals surface area contributed by atoms with Crippen molar-refractivity contribution in [3.05, 3.63) is 23.8 Å². The molecule has 0 saturated carbocycles. The van der Waals surface area contributed by atoms with Gasteiger partial charge in [-0.05, 0) is 18.6 Å². The number of hydrogen-bond donors (Lipinski definition) is 2. The fourth-order valence-corrected chi connectivity index (χ4v) is 1.37. The number of carboxylic acids is 1. The van der Waals surface area contributed by atoms with E-state index in [9.17, 15) is 18.0 Å². The summed E-state index contributed by atoms with van der Waals surface area (Å²) in [6.07, 6.45) is -6.82. The van der Waals surface area contributed by atoms with Gasteiger partial charge in [0.2, 0.25) is 0 Å². The summed E-state index contributed by atoms with van der Waals surface area (Å²) < 4.78 is 46.6. The average molecular weight is 308 g/mol. The quantitative estimate of drug-likeness (QED) is 0.809. The molecule has 0 heterocycles. The number of halogens is 3. The molecule has 8 heteroatoms. The summed E-state index contributed by atoms with van der Waals surface area (Å²) in [4.78, 5) is 11.0. The van der Waals surface area contributed by atoms with Gasteiger partial charge in [-0.3, -0.25) is 0 Å². The van der Waals surface area contributed by atoms with Gasteiger partial charge >= 0.3 is 12.1 Å². The molecular weight excluding hydrogens is 293 g/mol. The van der Waals surface area contributed by atoms with Crippen molar-refractivity contribution in [2.45, 2.75) is 25.6 Å². The maximum absolute atomic E-state index is 12.2. The zero-order chi connectivity index (χ0) is 16.0. The fraction of sp³-hybridized carbons (Fsp3) is 0.462. The first-order valence-electron chi connectivity index (χ1n) is 6.13. The summed E-state index contributed by atoms with van der Waals surface area (Å²) >= 11 is 0. The average Bonchev–Trinajstić information content (AvgIpc) is 2.41. The SMILES string of the molecule is CCCOc1ccc(C(=O)O)c(OCC(O)C(F)(F)F)c1. The highest BCUT2D eigenvalue weighted by molar-refractivity contribution is 5.91. The number of ether oxygens (including phenoxy) is 2. The van der Waals surface area contributed by atoms with Crippen LogP contribution < -0.4 is 9.47 Å². The van der Waals surface area contributed by atoms with Crippen LogP contribution in [-0.2, 0) is 0 Å². The second-order valence-electron chi connectivity index (χ2n) is 4.18. The van der Waals surface area contributed by atoms with Crippen LogP contribution in [0.4, 0.5) is 13.2 Å². The molecule has 2 N–H and O–H groups in total. The van der Waals surface area contributed by atoms with Gasteiger partial charge in [0, 0.05) is 6.07 Å². The van der Waals surface area contributed by atoms with Crippen LogP contribution in [0.5, 0.6) is 11.5 Å². The molecule has 0 radical (unpaired) electrons. The third kappa shape index (κ3) is 5.14. The Morgan fingerprint density at radius 1 is 1.33 bits per heavy atom. The van der Waals surface area contributed by atoms with Gasteiger partial charge in [-0.15, -0.1) is 0 Å². The van der Waals surface area contributed by atoms with Gasteiger partial charge in [0.15, 0.2) is 6.10 Å². The minimum absolute atomic E-state index is 0.276. The van der Waals surface area contributed by atoms with E-state index < -0.39 is 24.9 Å². The van der Waals surface area contributed by atoms with E-state index in [1.165, 1.54) is 18.2 Å². The van der Waals surface area contributed by atoms with Crippen LogP contribution in [0.25, 0.3) is 0 Å². The van der Waals surface area contributed by atoms with Crippen molar-refractivity contribution in [3.63, 3.8) is 0 Å². The maximum Gasteiger partial charge on any atom is 0.417 e. The molecule has 0 aliphatic heterocycles. The molecule has 5 nitrogen and oxygen atoms in total. The van der Waals surface area contributed by atoms with E-state index >= 15 is 0 Å². The molecule has 1 atom stereocenters. The number of hydrogen-bond acceptors (Lipinski definition) is 4. The van der Waals surface area contributed by atoms with Gasteiger partial charge in [0.25, 0.3) is 0 Å². The third-order valence-corrected chi connectivity index (χ3v) is 2.43. The minimum atomic E-state index is -4.83. The Labute approximate surface area is 118 Å². The molecule has 118 valence electrons. The van der Waals surface area contributed by atoms with Crippen LogP contribution in [0.15, 0.2) is 18.2 Å². The summed E-state index contributed by atoms with van der Waals surface area (Å²) in [6.45, 7) is 1.14. The van der Waals surface area contributed by atoms with Crippen molar-refractivity contribution in [2.75, 3.05) is 13.2 Å². The number of benzene rings is 1. The Balaban J connectivity index is 2.88. The standard InChI is InChI=1S/C13H15F3O5/c1-2-5-20-8-3-4-9(12(18)19)10(6-8)21-7-11(17)13(14,15)16/h3-4,6,11,17H,2,5,7H2,1H3,(H,18,19). The van der Waals surface area contributed by atoms with Crippen LogP contribution in [-0.4, -0.2) is 41.7 Å². The summed E-state index contributed by atoms with van der Waals surface area (Å²) in [6, 6.07) is 3.73. The van der Waals surface area contributed by atoms with Crippen LogP contribution >= 0.6 is 0 Å². The lowest BCUT2D eigenvalue weighted by Crippen LogP contribution is -2.34. The molecule has 1 aromatic rings. The van der Waals surface area contributed by atoms with Gasteiger partial charge in [-0.25, -0.2) is 4.79 Å². The molecule has 0 aliphatic carbocycles. The first kappa shape index (κ1) is 17.1. The van der Waals surface area contributed by atoms with Crippen molar-refractivity contribution >= 4 is 5.97 Å². The zero-order valence-electron chi connectivity index (χ0n) is 11.2. The van der Waals surface area contributed by atoms with Crippen molar-refractivity contribution < 1.29 is 37.7 Å². The number of aromatic carboxylic acids is 1. The molecule has 0 amide bonds. The first-order valence-corrected chi connectivity index (χ1v) is 6.13. The lowest BCUT2D eigenvalue weighted by molar-refractivity contribution is -0.210. The van der Waals surface area contributed by atoms with Crippen LogP contribution in [0, 0.1) is 0 Å². The van der Waals surface area contributed by atoms with E-state index in [4.69, 9.17) is 19.7 Å². The van der Waals surface area contributed by atoms with E-state index in [2.05, 4.69) is 0 Å². The highest BCUT2D eigenvalue weighted by atomic mass is 19.4. The van der Waals surface area contributed by atoms with Crippen molar-refractivity contribution in [3.8, 4) is 11.5 Å². The lowest BCUT2D eigenvalue weighted by atomic mass is 10.2. The molecule has 0 fully saturated rings. The van der Waals surface area contributed by atoms with Gasteiger partial charge in [0.05, 0.1) is 6.61 Å². The molecule has 0 aromatic heterocycles. The number of aliphatic hydroxyl groups excluding tert-OH is 1. The van der Waals surface area contributed by atoms with Crippen molar-refractivity contribution in [1.29, 1.82) is 0 Å². The summed E-state index contributed by atoms with van der Waals surface area (Å²) in [7, 11) is 0. The van der Waals surface area contributed by atoms with Gasteiger partial charge in [-0.1, -0.05) is 6.92 Å². The van der Waals surface area contributed by atoms with Crippen molar-refractivity contribution in [2.24, 2.45) is 0 Å². The second kappa shape index (κ2) is 7.16. The minimum Gasteiger partial charge on any atom is -0.493 e. The smallest absolute Gasteiger partial charge is 0.417 e. The number of alkyl halides is 3. The van der Waals surface area contributed by atoms with E-state index in [-0.39, 0.29) is 17.1 Å². The van der Waals surface area contributed by atoms with Crippen molar-refractivity contribution in [1.82, 2.24) is 0 Å².